The second kappa shape index (κ2) is 9.90. The van der Waals surface area contributed by atoms with Gasteiger partial charge in [-0.05, 0) is 85.0 Å². The number of halogens is 1. The van der Waals surface area contributed by atoms with Crippen LogP contribution in [0.1, 0.15) is 41.6 Å². The molecule has 3 fully saturated rings. The zero-order valence-electron chi connectivity index (χ0n) is 25.8. The van der Waals surface area contributed by atoms with E-state index in [1.54, 1.807) is 13.2 Å². The van der Waals surface area contributed by atoms with E-state index in [9.17, 15) is 9.59 Å². The molecule has 3 unspecified atom stereocenters. The second-order valence-corrected chi connectivity index (χ2v) is 13.6. The molecule has 46 heavy (non-hydrogen) atoms. The van der Waals surface area contributed by atoms with Gasteiger partial charge in [0.15, 0.2) is 5.82 Å². The Morgan fingerprint density at radius 1 is 1.11 bits per heavy atom. The Kier molecular flexibility index (Phi) is 5.94. The number of methoxy groups -OCH3 is 1. The fourth-order valence-electron chi connectivity index (χ4n) is 8.10. The first-order chi connectivity index (χ1) is 22.3. The summed E-state index contributed by atoms with van der Waals surface area (Å²) in [5, 5.41) is 3.77. The lowest BCUT2D eigenvalue weighted by Crippen LogP contribution is -2.41. The van der Waals surface area contributed by atoms with E-state index in [1.807, 2.05) is 46.8 Å². The highest BCUT2D eigenvalue weighted by Gasteiger charge is 2.47. The molecular weight excluding hydrogens is 583 g/mol. The molecule has 2 saturated carbocycles. The van der Waals surface area contributed by atoms with Crippen LogP contribution in [0.25, 0.3) is 44.6 Å². The van der Waals surface area contributed by atoms with Crippen molar-refractivity contribution in [1.29, 1.82) is 0 Å². The minimum absolute atomic E-state index is 0.0237. The van der Waals surface area contributed by atoms with Gasteiger partial charge in [-0.1, -0.05) is 12.1 Å². The number of rotatable bonds is 6. The maximum atomic E-state index is 15.3. The first kappa shape index (κ1) is 27.6. The number of likely N-dealkylation sites (tertiary alicyclic amines) is 1. The number of ether oxygens (including phenoxy) is 1. The molecule has 0 radical (unpaired) electrons. The molecule has 2 bridgehead atoms. The Bertz CT molecular complexity index is 2130. The van der Waals surface area contributed by atoms with Crippen molar-refractivity contribution in [2.45, 2.75) is 50.7 Å². The highest BCUT2D eigenvalue weighted by Crippen LogP contribution is 2.41. The average Bonchev–Trinajstić information content (AvgIpc) is 3.24. The quantitative estimate of drug-likeness (QED) is 0.262. The lowest BCUT2D eigenvalue weighted by atomic mass is 10.00. The summed E-state index contributed by atoms with van der Waals surface area (Å²) < 4.78 is 25.5. The van der Waals surface area contributed by atoms with E-state index in [-0.39, 0.29) is 36.1 Å². The number of nitrogens with one attached hydrogen (secondary N) is 1. The number of benzene rings is 3. The highest BCUT2D eigenvalue weighted by molar-refractivity contribution is 6.01. The third kappa shape index (κ3) is 4.12. The van der Waals surface area contributed by atoms with Crippen LogP contribution in [0.5, 0.6) is 5.75 Å². The number of hydrogen-bond acceptors (Lipinski definition) is 5. The number of piperidine rings is 1. The molecule has 2 aliphatic heterocycles. The molecule has 1 saturated heterocycles. The first-order valence-corrected chi connectivity index (χ1v) is 16.1. The van der Waals surface area contributed by atoms with Crippen LogP contribution in [0.2, 0.25) is 0 Å². The highest BCUT2D eigenvalue weighted by atomic mass is 19.1. The molecule has 3 atom stereocenters. The molecule has 9 nitrogen and oxygen atoms in total. The smallest absolute Gasteiger partial charge is 0.254 e. The van der Waals surface area contributed by atoms with Crippen molar-refractivity contribution in [3.63, 3.8) is 0 Å². The van der Waals surface area contributed by atoms with Crippen molar-refractivity contribution >= 4 is 39.4 Å². The molecule has 10 heteroatoms. The monoisotopic (exact) mass is 618 g/mol. The van der Waals surface area contributed by atoms with Gasteiger partial charge in [-0.25, -0.2) is 9.37 Å². The van der Waals surface area contributed by atoms with Gasteiger partial charge in [0.25, 0.3) is 5.91 Å². The van der Waals surface area contributed by atoms with Gasteiger partial charge in [0.05, 0.1) is 24.7 Å². The number of amides is 2. The number of anilines is 1. The Balaban J connectivity index is 1.15. The Hall–Kier alpha value is -4.70. The molecule has 3 N–H and O–H groups in total. The Labute approximate surface area is 265 Å². The van der Waals surface area contributed by atoms with E-state index in [4.69, 9.17) is 15.5 Å². The van der Waals surface area contributed by atoms with Crippen LogP contribution in [-0.2, 0) is 24.8 Å². The number of aromatic nitrogens is 3. The van der Waals surface area contributed by atoms with Gasteiger partial charge in [0, 0.05) is 59.9 Å². The van der Waals surface area contributed by atoms with Gasteiger partial charge in [-0.15, -0.1) is 0 Å². The topological polar surface area (TPSA) is 107 Å². The minimum atomic E-state index is -0.364. The fraction of sp³-hybridized carbons (Fsp3) is 0.361. The molecule has 0 spiro atoms. The van der Waals surface area contributed by atoms with Gasteiger partial charge in [-0.3, -0.25) is 9.59 Å². The van der Waals surface area contributed by atoms with Crippen LogP contribution in [0, 0.1) is 17.7 Å². The summed E-state index contributed by atoms with van der Waals surface area (Å²) in [5.41, 5.74) is 13.1. The molecule has 234 valence electrons. The Morgan fingerprint density at radius 3 is 2.70 bits per heavy atom. The summed E-state index contributed by atoms with van der Waals surface area (Å²) in [6.45, 7) is 1.53. The molecule has 2 amide bonds. The van der Waals surface area contributed by atoms with E-state index >= 15 is 4.39 Å². The second-order valence-electron chi connectivity index (χ2n) is 13.6. The van der Waals surface area contributed by atoms with Crippen LogP contribution in [0.4, 0.5) is 10.1 Å². The van der Waals surface area contributed by atoms with Crippen molar-refractivity contribution in [2.75, 3.05) is 19.0 Å². The summed E-state index contributed by atoms with van der Waals surface area (Å²) in [6, 6.07) is 15.2. The average molecular weight is 619 g/mol. The van der Waals surface area contributed by atoms with Crippen molar-refractivity contribution in [2.24, 2.45) is 24.6 Å². The van der Waals surface area contributed by atoms with E-state index in [1.165, 1.54) is 18.9 Å². The predicted molar refractivity (Wildman–Crippen MR) is 174 cm³/mol. The van der Waals surface area contributed by atoms with E-state index < -0.39 is 0 Å². The van der Waals surface area contributed by atoms with Crippen LogP contribution >= 0.6 is 0 Å². The third-order valence-corrected chi connectivity index (χ3v) is 10.7. The van der Waals surface area contributed by atoms with Crippen LogP contribution in [0.15, 0.2) is 48.5 Å². The summed E-state index contributed by atoms with van der Waals surface area (Å²) in [5.74, 6) is 1.81. The zero-order chi connectivity index (χ0) is 31.4. The fourth-order valence-corrected chi connectivity index (χ4v) is 8.10. The number of hydrogen-bond donors (Lipinski definition) is 2. The van der Waals surface area contributed by atoms with Gasteiger partial charge < -0.3 is 29.8 Å². The van der Waals surface area contributed by atoms with E-state index in [2.05, 4.69) is 16.0 Å². The van der Waals surface area contributed by atoms with Gasteiger partial charge in [0.2, 0.25) is 5.91 Å². The number of carbonyl (C=O) groups excluding carboxylic acids is 2. The van der Waals surface area contributed by atoms with Gasteiger partial charge in [-0.2, -0.15) is 0 Å². The number of carbonyl (C=O) groups is 2. The van der Waals surface area contributed by atoms with E-state index in [0.717, 1.165) is 58.5 Å². The predicted octanol–water partition coefficient (Wildman–Crippen LogP) is 5.48. The molecule has 9 rings (SSSR count). The molecule has 2 aliphatic carbocycles. The lowest BCUT2D eigenvalue weighted by Gasteiger charge is -2.27. The standard InChI is InChI=1S/C36H35FN6O3/c1-41-34-27(10-23(13-31(34)46-2)36(45)43-17-21-7-8-28(43)33(21)38)40-35(41)30-12-20-6-5-19(11-29(20)42(30)16-18-3-4-18)24-9-22-14-32(44)39-26(22)15-25(24)37/h5-6,9-13,15,18,21,28,33H,3-4,7-8,14,16-17,38H2,1-2H3,(H,39,44). The number of imidazole rings is 1. The summed E-state index contributed by atoms with van der Waals surface area (Å²) >= 11 is 0. The number of nitrogens with zero attached hydrogens (tertiary/aromatic N) is 4. The molecule has 4 heterocycles. The summed E-state index contributed by atoms with van der Waals surface area (Å²) in [7, 11) is 3.60. The van der Waals surface area contributed by atoms with E-state index in [0.29, 0.717) is 46.5 Å². The van der Waals surface area contributed by atoms with Crippen LogP contribution < -0.4 is 15.8 Å². The maximum absolute atomic E-state index is 15.3. The lowest BCUT2D eigenvalue weighted by molar-refractivity contribution is -0.115. The first-order valence-electron chi connectivity index (χ1n) is 16.1. The number of fused-ring (bicyclic) bond motifs is 5. The third-order valence-electron chi connectivity index (χ3n) is 10.7. The SMILES string of the molecule is COc1cc(C(=O)N2CC3CCC2C3N)cc2nc(-c3cc4ccc(-c5cc6c(cc5F)NC(=O)C6)cc4n3CC3CC3)n(C)c12. The number of nitrogens with two attached hydrogens (primary N) is 1. The van der Waals surface area contributed by atoms with Crippen LogP contribution in [-0.4, -0.2) is 56.6 Å². The normalized spacial score (nSPS) is 21.9. The van der Waals surface area contributed by atoms with Crippen molar-refractivity contribution in [3.05, 3.63) is 65.5 Å². The van der Waals surface area contributed by atoms with Gasteiger partial charge in [0.1, 0.15) is 17.1 Å². The summed E-state index contributed by atoms with van der Waals surface area (Å²) in [6.07, 6.45) is 4.63. The van der Waals surface area contributed by atoms with Crippen LogP contribution in [0.3, 0.4) is 0 Å². The number of aryl methyl sites for hydroxylation is 1. The zero-order valence-corrected chi connectivity index (χ0v) is 25.8. The molecule has 5 aromatic rings. The maximum Gasteiger partial charge on any atom is 0.254 e. The summed E-state index contributed by atoms with van der Waals surface area (Å²) in [4.78, 5) is 32.7. The van der Waals surface area contributed by atoms with Gasteiger partial charge >= 0.3 is 0 Å². The molecular formula is C36H35FN6O3. The molecule has 4 aliphatic rings. The molecule has 3 aromatic carbocycles. The Morgan fingerprint density at radius 2 is 1.96 bits per heavy atom. The van der Waals surface area contributed by atoms with Crippen molar-refractivity contribution < 1.29 is 18.7 Å². The molecule has 2 aromatic heterocycles. The van der Waals surface area contributed by atoms with Crippen molar-refractivity contribution in [1.82, 2.24) is 19.0 Å². The van der Waals surface area contributed by atoms with Crippen molar-refractivity contribution in [3.8, 4) is 28.4 Å². The minimum Gasteiger partial charge on any atom is -0.494 e. The largest absolute Gasteiger partial charge is 0.494 e.